The average Bonchev–Trinajstić information content (AvgIpc) is 3.33. The van der Waals surface area contributed by atoms with Crippen molar-refractivity contribution in [1.82, 2.24) is 24.9 Å². The maximum Gasteiger partial charge on any atom is 0.165 e. The van der Waals surface area contributed by atoms with Gasteiger partial charge in [0.05, 0.1) is 0 Å². The van der Waals surface area contributed by atoms with Crippen molar-refractivity contribution >= 4 is 0 Å². The second-order valence-electron chi connectivity index (χ2n) is 19.4. The molecule has 0 atom stereocenters. The van der Waals surface area contributed by atoms with Gasteiger partial charge in [-0.25, -0.2) is 15.0 Å². The van der Waals surface area contributed by atoms with Gasteiger partial charge in [0.25, 0.3) is 0 Å². The zero-order chi connectivity index (χ0) is 42.4. The van der Waals surface area contributed by atoms with Crippen LogP contribution >= 0.6 is 0 Å². The SMILES string of the molecule is CC(C)(C)c1ccc(-c2nc(-c3ccc(C(C)(C)C)cc3)nc(-c3ccc(-c4[c-]cc5c(c4)C(C)(C)C(C)(C)C5(C)C)nc3)n2)cc1.[Ir].[c-]1ccccc1-c1ccccn1. The third-order valence-electron chi connectivity index (χ3n) is 13.0. The van der Waals surface area contributed by atoms with Crippen LogP contribution in [-0.4, -0.2) is 24.9 Å². The van der Waals surface area contributed by atoms with Crippen LogP contribution in [0.25, 0.3) is 56.7 Å². The molecular formula is C54H57IrN5-2. The van der Waals surface area contributed by atoms with Crippen LogP contribution in [0.15, 0.2) is 128 Å². The molecule has 3 aromatic heterocycles. The summed E-state index contributed by atoms with van der Waals surface area (Å²) in [6, 6.07) is 46.1. The van der Waals surface area contributed by atoms with Gasteiger partial charge in [-0.15, -0.1) is 70.8 Å². The molecule has 1 aliphatic carbocycles. The van der Waals surface area contributed by atoms with Crippen molar-refractivity contribution in [2.45, 2.75) is 105 Å². The molecule has 7 aromatic rings. The van der Waals surface area contributed by atoms with E-state index in [2.05, 4.69) is 173 Å². The minimum absolute atomic E-state index is 0. The van der Waals surface area contributed by atoms with Crippen LogP contribution < -0.4 is 0 Å². The number of benzene rings is 4. The van der Waals surface area contributed by atoms with E-state index < -0.39 is 0 Å². The Labute approximate surface area is 372 Å². The maximum atomic E-state index is 4.98. The Kier molecular flexibility index (Phi) is 12.4. The molecule has 1 radical (unpaired) electrons. The molecule has 0 saturated carbocycles. The summed E-state index contributed by atoms with van der Waals surface area (Å²) in [5.74, 6) is 1.90. The summed E-state index contributed by atoms with van der Waals surface area (Å²) >= 11 is 0. The van der Waals surface area contributed by atoms with Crippen LogP contribution in [0.2, 0.25) is 0 Å². The van der Waals surface area contributed by atoms with Gasteiger partial charge in [0.15, 0.2) is 17.5 Å². The summed E-state index contributed by atoms with van der Waals surface area (Å²) in [5.41, 5.74) is 12.3. The average molecular weight is 968 g/mol. The molecule has 0 unspecified atom stereocenters. The van der Waals surface area contributed by atoms with E-state index in [9.17, 15) is 0 Å². The fraction of sp³-hybridized carbons (Fsp3) is 0.315. The third-order valence-corrected chi connectivity index (χ3v) is 13.0. The second kappa shape index (κ2) is 16.7. The van der Waals surface area contributed by atoms with Gasteiger partial charge in [-0.2, -0.15) is 0 Å². The van der Waals surface area contributed by atoms with Crippen LogP contribution in [0.5, 0.6) is 0 Å². The first kappa shape index (κ1) is 44.4. The van der Waals surface area contributed by atoms with Crippen molar-refractivity contribution in [3.63, 3.8) is 0 Å². The van der Waals surface area contributed by atoms with Gasteiger partial charge >= 0.3 is 0 Å². The minimum Gasteiger partial charge on any atom is -0.305 e. The molecule has 0 fully saturated rings. The van der Waals surface area contributed by atoms with E-state index in [1.54, 1.807) is 6.20 Å². The van der Waals surface area contributed by atoms with E-state index in [1.807, 2.05) is 48.7 Å². The summed E-state index contributed by atoms with van der Waals surface area (Å²) in [4.78, 5) is 24.1. The van der Waals surface area contributed by atoms with E-state index >= 15 is 0 Å². The van der Waals surface area contributed by atoms with Gasteiger partial charge in [-0.05, 0) is 55.7 Å². The molecule has 3 heterocycles. The van der Waals surface area contributed by atoms with Gasteiger partial charge in [-0.3, -0.25) is 0 Å². The number of nitrogens with zero attached hydrogens (tertiary/aromatic N) is 5. The van der Waals surface area contributed by atoms with Crippen LogP contribution in [0, 0.1) is 17.5 Å². The van der Waals surface area contributed by atoms with Crippen molar-refractivity contribution in [3.05, 3.63) is 162 Å². The van der Waals surface area contributed by atoms with E-state index in [-0.39, 0.29) is 47.2 Å². The van der Waals surface area contributed by atoms with Crippen molar-refractivity contribution < 1.29 is 20.1 Å². The molecule has 4 aromatic carbocycles. The molecule has 0 amide bonds. The first-order valence-corrected chi connectivity index (χ1v) is 20.7. The van der Waals surface area contributed by atoms with Gasteiger partial charge in [0, 0.05) is 49.2 Å². The Hall–Kier alpha value is -5.16. The Bertz CT molecular complexity index is 2430. The third kappa shape index (κ3) is 8.69. The van der Waals surface area contributed by atoms with Crippen LogP contribution in [0.3, 0.4) is 0 Å². The smallest absolute Gasteiger partial charge is 0.165 e. The molecule has 8 rings (SSSR count). The van der Waals surface area contributed by atoms with Crippen LogP contribution in [0.4, 0.5) is 0 Å². The fourth-order valence-corrected chi connectivity index (χ4v) is 7.89. The van der Waals surface area contributed by atoms with E-state index in [1.165, 1.54) is 22.3 Å². The van der Waals surface area contributed by atoms with Crippen molar-refractivity contribution in [3.8, 4) is 56.7 Å². The Morgan fingerprint density at radius 2 is 0.983 bits per heavy atom. The standard InChI is InChI=1S/C43H49N4.C11H8N.Ir/c1-39(2,3)31-19-13-27(14-20-31)36-45-37(28-15-21-32(22-16-28)40(4,5)6)47-38(46-36)30-18-24-35(44-26-30)29-17-23-33-34(25-29)42(9,10)43(11,12)41(33,7)8;1-2-6-10(7-3-1)11-8-4-5-9-12-11;/h13-16,18-26H,1-12H3;1-6,8-9H;/q2*-1;. The zero-order valence-electron chi connectivity index (χ0n) is 37.2. The molecule has 1 aliphatic rings. The van der Waals surface area contributed by atoms with Crippen LogP contribution in [0.1, 0.15) is 105 Å². The van der Waals surface area contributed by atoms with Gasteiger partial charge in [0.2, 0.25) is 0 Å². The number of hydrogen-bond acceptors (Lipinski definition) is 5. The molecule has 0 spiro atoms. The zero-order valence-corrected chi connectivity index (χ0v) is 39.6. The Morgan fingerprint density at radius 3 is 1.45 bits per heavy atom. The largest absolute Gasteiger partial charge is 0.305 e. The van der Waals surface area contributed by atoms with Crippen molar-refractivity contribution in [2.24, 2.45) is 5.41 Å². The molecule has 0 saturated heterocycles. The molecule has 0 N–H and O–H groups in total. The van der Waals surface area contributed by atoms with Crippen molar-refractivity contribution in [1.29, 1.82) is 0 Å². The van der Waals surface area contributed by atoms with E-state index in [4.69, 9.17) is 19.9 Å². The normalized spacial score (nSPS) is 14.9. The number of aromatic nitrogens is 5. The van der Waals surface area contributed by atoms with Gasteiger partial charge in [0.1, 0.15) is 0 Å². The fourth-order valence-electron chi connectivity index (χ4n) is 7.89. The number of pyridine rings is 2. The number of fused-ring (bicyclic) bond motifs is 1. The molecule has 60 heavy (non-hydrogen) atoms. The van der Waals surface area contributed by atoms with Crippen molar-refractivity contribution in [2.75, 3.05) is 0 Å². The monoisotopic (exact) mass is 968 g/mol. The van der Waals surface area contributed by atoms with Gasteiger partial charge in [-0.1, -0.05) is 156 Å². The first-order chi connectivity index (χ1) is 27.8. The summed E-state index contributed by atoms with van der Waals surface area (Å²) in [6.45, 7) is 27.6. The molecule has 6 heteroatoms. The Balaban J connectivity index is 0.000000397. The predicted molar refractivity (Wildman–Crippen MR) is 244 cm³/mol. The Morgan fingerprint density at radius 1 is 0.483 bits per heavy atom. The van der Waals surface area contributed by atoms with E-state index in [0.717, 1.165) is 39.2 Å². The molecular weight excluding hydrogens is 911 g/mol. The van der Waals surface area contributed by atoms with Crippen LogP contribution in [-0.2, 0) is 41.8 Å². The number of rotatable bonds is 5. The molecule has 0 aliphatic heterocycles. The topological polar surface area (TPSA) is 64.5 Å². The predicted octanol–water partition coefficient (Wildman–Crippen LogP) is 13.5. The second-order valence-corrected chi connectivity index (χ2v) is 19.4. The molecule has 0 bridgehead atoms. The summed E-state index contributed by atoms with van der Waals surface area (Å²) in [5, 5.41) is 0. The maximum absolute atomic E-state index is 4.98. The minimum atomic E-state index is 0. The molecule has 309 valence electrons. The van der Waals surface area contributed by atoms with E-state index in [0.29, 0.717) is 17.5 Å². The first-order valence-electron chi connectivity index (χ1n) is 20.7. The molecule has 5 nitrogen and oxygen atoms in total. The summed E-state index contributed by atoms with van der Waals surface area (Å²) < 4.78 is 0. The quantitative estimate of drug-likeness (QED) is 0.161. The van der Waals surface area contributed by atoms with Gasteiger partial charge < -0.3 is 9.97 Å². The summed E-state index contributed by atoms with van der Waals surface area (Å²) in [7, 11) is 0. The summed E-state index contributed by atoms with van der Waals surface area (Å²) in [6.07, 6.45) is 3.67. The number of hydrogen-bond donors (Lipinski definition) is 0.